The molecule has 2 atom stereocenters. The van der Waals surface area contributed by atoms with Crippen LogP contribution in [0, 0.1) is 0 Å². The summed E-state index contributed by atoms with van der Waals surface area (Å²) in [4.78, 5) is 2.28. The van der Waals surface area contributed by atoms with E-state index in [1.54, 1.807) is 0 Å². The molecule has 9 heavy (non-hydrogen) atoms. The first kappa shape index (κ1) is 7.42. The average molecular weight is 145 g/mol. The smallest absolute Gasteiger partial charge is 0.0206 e. The molecule has 0 spiro atoms. The van der Waals surface area contributed by atoms with E-state index < -0.39 is 0 Å². The van der Waals surface area contributed by atoms with Gasteiger partial charge in [-0.25, -0.2) is 0 Å². The van der Waals surface area contributed by atoms with Gasteiger partial charge in [0, 0.05) is 11.3 Å². The lowest BCUT2D eigenvalue weighted by Gasteiger charge is -2.22. The SMILES string of the molecule is CN(C)C1CCCC1S. The Bertz CT molecular complexity index is 92.9. The van der Waals surface area contributed by atoms with Crippen molar-refractivity contribution in [2.45, 2.75) is 30.6 Å². The molecule has 0 aromatic heterocycles. The van der Waals surface area contributed by atoms with Crippen molar-refractivity contribution < 1.29 is 0 Å². The maximum absolute atomic E-state index is 4.49. The number of thiol groups is 1. The Morgan fingerprint density at radius 1 is 1.33 bits per heavy atom. The maximum atomic E-state index is 4.49. The molecule has 1 aliphatic rings. The summed E-state index contributed by atoms with van der Waals surface area (Å²) < 4.78 is 0. The van der Waals surface area contributed by atoms with Gasteiger partial charge in [0.15, 0.2) is 0 Å². The molecule has 1 nitrogen and oxygen atoms in total. The van der Waals surface area contributed by atoms with E-state index in [1.807, 2.05) is 0 Å². The highest BCUT2D eigenvalue weighted by molar-refractivity contribution is 7.81. The fourth-order valence-electron chi connectivity index (χ4n) is 1.52. The van der Waals surface area contributed by atoms with Gasteiger partial charge in [0.25, 0.3) is 0 Å². The van der Waals surface area contributed by atoms with Gasteiger partial charge < -0.3 is 4.90 Å². The first-order valence-corrected chi connectivity index (χ1v) is 4.08. The zero-order chi connectivity index (χ0) is 6.85. The Balaban J connectivity index is 2.40. The van der Waals surface area contributed by atoms with Crippen LogP contribution in [0.2, 0.25) is 0 Å². The van der Waals surface area contributed by atoms with Gasteiger partial charge in [0.1, 0.15) is 0 Å². The minimum absolute atomic E-state index is 0.625. The van der Waals surface area contributed by atoms with Crippen LogP contribution in [0.25, 0.3) is 0 Å². The monoisotopic (exact) mass is 145 g/mol. The van der Waals surface area contributed by atoms with E-state index in [1.165, 1.54) is 19.3 Å². The predicted molar refractivity (Wildman–Crippen MR) is 44.1 cm³/mol. The first-order valence-electron chi connectivity index (χ1n) is 3.56. The minimum Gasteiger partial charge on any atom is -0.305 e. The van der Waals surface area contributed by atoms with Gasteiger partial charge >= 0.3 is 0 Å². The van der Waals surface area contributed by atoms with Gasteiger partial charge in [-0.1, -0.05) is 6.42 Å². The summed E-state index contributed by atoms with van der Waals surface area (Å²) in [5, 5.41) is 0.625. The molecule has 0 radical (unpaired) electrons. The van der Waals surface area contributed by atoms with E-state index in [-0.39, 0.29) is 0 Å². The number of nitrogens with zero attached hydrogens (tertiary/aromatic N) is 1. The Labute approximate surface area is 62.8 Å². The molecule has 0 N–H and O–H groups in total. The highest BCUT2D eigenvalue weighted by atomic mass is 32.1. The van der Waals surface area contributed by atoms with Crippen LogP contribution in [0.4, 0.5) is 0 Å². The third-order valence-corrected chi connectivity index (χ3v) is 2.71. The van der Waals surface area contributed by atoms with Crippen LogP contribution in [0.5, 0.6) is 0 Å². The molecule has 0 bridgehead atoms. The minimum atomic E-state index is 0.625. The molecular weight excluding hydrogens is 130 g/mol. The second-order valence-electron chi connectivity index (χ2n) is 3.03. The van der Waals surface area contributed by atoms with Gasteiger partial charge in [-0.05, 0) is 26.9 Å². The second-order valence-corrected chi connectivity index (χ2v) is 3.69. The lowest BCUT2D eigenvalue weighted by Crippen LogP contribution is -2.31. The van der Waals surface area contributed by atoms with E-state index in [0.29, 0.717) is 5.25 Å². The summed E-state index contributed by atoms with van der Waals surface area (Å²) >= 11 is 4.49. The summed E-state index contributed by atoms with van der Waals surface area (Å²) in [6, 6.07) is 0.730. The Hall–Kier alpha value is 0.310. The molecule has 2 unspecified atom stereocenters. The van der Waals surface area contributed by atoms with Gasteiger partial charge in [0.2, 0.25) is 0 Å². The van der Waals surface area contributed by atoms with Gasteiger partial charge in [0.05, 0.1) is 0 Å². The van der Waals surface area contributed by atoms with Gasteiger partial charge in [-0.15, -0.1) is 0 Å². The first-order chi connectivity index (χ1) is 4.22. The molecule has 1 fully saturated rings. The summed E-state index contributed by atoms with van der Waals surface area (Å²) in [6.45, 7) is 0. The molecule has 1 rings (SSSR count). The molecule has 1 saturated carbocycles. The maximum Gasteiger partial charge on any atom is 0.0206 e. The predicted octanol–water partition coefficient (Wildman–Crippen LogP) is 1.40. The van der Waals surface area contributed by atoms with Crippen molar-refractivity contribution in [1.82, 2.24) is 4.90 Å². The van der Waals surface area contributed by atoms with Crippen LogP contribution < -0.4 is 0 Å². The van der Waals surface area contributed by atoms with Crippen molar-refractivity contribution in [3.8, 4) is 0 Å². The topological polar surface area (TPSA) is 3.24 Å². The fourth-order valence-corrected chi connectivity index (χ4v) is 2.12. The Morgan fingerprint density at radius 3 is 2.22 bits per heavy atom. The van der Waals surface area contributed by atoms with Gasteiger partial charge in [-0.3, -0.25) is 0 Å². The third-order valence-electron chi connectivity index (χ3n) is 2.11. The highest BCUT2D eigenvalue weighted by Gasteiger charge is 2.25. The van der Waals surface area contributed by atoms with Crippen molar-refractivity contribution in [1.29, 1.82) is 0 Å². The molecule has 0 amide bonds. The van der Waals surface area contributed by atoms with E-state index in [9.17, 15) is 0 Å². The lowest BCUT2D eigenvalue weighted by atomic mass is 10.2. The molecule has 0 aromatic rings. The van der Waals surface area contributed by atoms with Crippen molar-refractivity contribution >= 4 is 12.6 Å². The van der Waals surface area contributed by atoms with Crippen LogP contribution in [0.3, 0.4) is 0 Å². The molecular formula is C7H15NS. The van der Waals surface area contributed by atoms with Crippen LogP contribution in [0.1, 0.15) is 19.3 Å². The summed E-state index contributed by atoms with van der Waals surface area (Å²) in [6.07, 6.45) is 3.99. The van der Waals surface area contributed by atoms with E-state index in [4.69, 9.17) is 0 Å². The summed E-state index contributed by atoms with van der Waals surface area (Å²) in [7, 11) is 4.28. The van der Waals surface area contributed by atoms with E-state index >= 15 is 0 Å². The van der Waals surface area contributed by atoms with E-state index in [2.05, 4.69) is 31.6 Å². The quantitative estimate of drug-likeness (QED) is 0.546. The number of hydrogen-bond acceptors (Lipinski definition) is 2. The Morgan fingerprint density at radius 2 is 2.00 bits per heavy atom. The summed E-state index contributed by atoms with van der Waals surface area (Å²) in [5.74, 6) is 0. The highest BCUT2D eigenvalue weighted by Crippen LogP contribution is 2.26. The third kappa shape index (κ3) is 1.62. The molecule has 2 heteroatoms. The van der Waals surface area contributed by atoms with Crippen molar-refractivity contribution in [3.05, 3.63) is 0 Å². The standard InChI is InChI=1S/C7H15NS/c1-8(2)6-4-3-5-7(6)9/h6-7,9H,3-5H2,1-2H3. The summed E-state index contributed by atoms with van der Waals surface area (Å²) in [5.41, 5.74) is 0. The number of hydrogen-bond donors (Lipinski definition) is 1. The molecule has 0 aliphatic heterocycles. The van der Waals surface area contributed by atoms with Gasteiger partial charge in [-0.2, -0.15) is 12.6 Å². The molecule has 0 heterocycles. The van der Waals surface area contributed by atoms with Crippen molar-refractivity contribution in [2.75, 3.05) is 14.1 Å². The van der Waals surface area contributed by atoms with Crippen LogP contribution in [-0.2, 0) is 0 Å². The van der Waals surface area contributed by atoms with Crippen molar-refractivity contribution in [2.24, 2.45) is 0 Å². The largest absolute Gasteiger partial charge is 0.305 e. The molecule has 0 saturated heterocycles. The normalized spacial score (nSPS) is 36.0. The molecule has 1 aliphatic carbocycles. The number of rotatable bonds is 1. The van der Waals surface area contributed by atoms with Crippen LogP contribution in [-0.4, -0.2) is 30.3 Å². The lowest BCUT2D eigenvalue weighted by molar-refractivity contribution is 0.305. The van der Waals surface area contributed by atoms with Crippen molar-refractivity contribution in [3.63, 3.8) is 0 Å². The van der Waals surface area contributed by atoms with Crippen LogP contribution in [0.15, 0.2) is 0 Å². The molecule has 0 aromatic carbocycles. The van der Waals surface area contributed by atoms with E-state index in [0.717, 1.165) is 6.04 Å². The molecule has 54 valence electrons. The second kappa shape index (κ2) is 2.93. The zero-order valence-corrected chi connectivity index (χ0v) is 7.06. The van der Waals surface area contributed by atoms with Crippen LogP contribution >= 0.6 is 12.6 Å². The Kier molecular flexibility index (Phi) is 2.42. The zero-order valence-electron chi connectivity index (χ0n) is 6.17. The average Bonchev–Trinajstić information content (AvgIpc) is 2.13. The fraction of sp³-hybridized carbons (Fsp3) is 1.00.